The summed E-state index contributed by atoms with van der Waals surface area (Å²) in [6, 6.07) is 0. The average Bonchev–Trinajstić information content (AvgIpc) is 1.84. The van der Waals surface area contributed by atoms with Crippen LogP contribution in [0.25, 0.3) is 0 Å². The van der Waals surface area contributed by atoms with Crippen molar-refractivity contribution in [1.29, 1.82) is 0 Å². The van der Waals surface area contributed by atoms with E-state index in [9.17, 15) is 19.8 Å². The van der Waals surface area contributed by atoms with Gasteiger partial charge in [0.05, 0.1) is 11.9 Å². The predicted octanol–water partition coefficient (Wildman–Crippen LogP) is -4.80. The first-order valence-electron chi connectivity index (χ1n) is 2.24. The summed E-state index contributed by atoms with van der Waals surface area (Å²) in [4.78, 5) is 19.3. The Labute approximate surface area is 92.7 Å². The maximum atomic E-state index is 9.63. The van der Waals surface area contributed by atoms with Crippen molar-refractivity contribution in [3.63, 3.8) is 0 Å². The fourth-order valence-corrected chi connectivity index (χ4v) is 0.258. The van der Waals surface area contributed by atoms with Crippen molar-refractivity contribution in [1.82, 2.24) is 0 Å². The number of hydrogen-bond acceptors (Lipinski definition) is 6. The molecule has 67 valence electrons. The Balaban J connectivity index is -0.000000405. The summed E-state index contributed by atoms with van der Waals surface area (Å²) in [6.07, 6.45) is -4.88. The van der Waals surface area contributed by atoms with Crippen molar-refractivity contribution in [2.45, 2.75) is 12.2 Å². The van der Waals surface area contributed by atoms with Crippen LogP contribution in [0.1, 0.15) is 0 Å². The van der Waals surface area contributed by atoms with Gasteiger partial charge in [0.15, 0.2) is 0 Å². The second-order valence-electron chi connectivity index (χ2n) is 1.53. The van der Waals surface area contributed by atoms with Gasteiger partial charge in [0.2, 0.25) is 0 Å². The van der Waals surface area contributed by atoms with Crippen LogP contribution in [0.4, 0.5) is 0 Å². The van der Waals surface area contributed by atoms with Crippen LogP contribution in [0.3, 0.4) is 0 Å². The SMILES string of the molecule is O=C([O-])C(O)C(O)C(=O)[O-].[Co+2].[Ti+2]. The Morgan fingerprint density at radius 2 is 1.17 bits per heavy atom. The summed E-state index contributed by atoms with van der Waals surface area (Å²) < 4.78 is 0. The van der Waals surface area contributed by atoms with E-state index in [0.29, 0.717) is 0 Å². The molecule has 8 heteroatoms. The second-order valence-corrected chi connectivity index (χ2v) is 1.53. The van der Waals surface area contributed by atoms with Crippen molar-refractivity contribution >= 4 is 11.9 Å². The van der Waals surface area contributed by atoms with Crippen LogP contribution in [0.5, 0.6) is 0 Å². The van der Waals surface area contributed by atoms with Crippen LogP contribution in [0.15, 0.2) is 0 Å². The number of carbonyl (C=O) groups is 2. The van der Waals surface area contributed by atoms with E-state index in [2.05, 4.69) is 0 Å². The van der Waals surface area contributed by atoms with Gasteiger partial charge in [-0.15, -0.1) is 0 Å². The van der Waals surface area contributed by atoms with Crippen LogP contribution in [-0.2, 0) is 48.1 Å². The number of carbonyl (C=O) groups excluding carboxylic acids is 2. The Bertz CT molecular complexity index is 144. The molecule has 2 N–H and O–H groups in total. The third-order valence-corrected chi connectivity index (χ3v) is 0.782. The zero-order chi connectivity index (χ0) is 8.31. The Morgan fingerprint density at radius 1 is 1.00 bits per heavy atom. The quantitative estimate of drug-likeness (QED) is 0.488. The molecule has 2 unspecified atom stereocenters. The van der Waals surface area contributed by atoms with E-state index < -0.39 is 24.1 Å². The molecule has 0 fully saturated rings. The summed E-state index contributed by atoms with van der Waals surface area (Å²) in [5, 5.41) is 35.7. The normalized spacial score (nSPS) is 13.2. The number of aliphatic carboxylic acids is 2. The maximum Gasteiger partial charge on any atom is 2.00 e. The molecule has 0 heterocycles. The molecule has 0 aromatic heterocycles. The zero-order valence-electron chi connectivity index (χ0n) is 5.52. The molecule has 2 atom stereocenters. The van der Waals surface area contributed by atoms with Gasteiger partial charge < -0.3 is 30.0 Å². The van der Waals surface area contributed by atoms with Gasteiger partial charge in [-0.1, -0.05) is 0 Å². The predicted molar refractivity (Wildman–Crippen MR) is 22.0 cm³/mol. The van der Waals surface area contributed by atoms with Crippen LogP contribution in [0.2, 0.25) is 0 Å². The van der Waals surface area contributed by atoms with Crippen LogP contribution in [0, 0.1) is 0 Å². The fourth-order valence-electron chi connectivity index (χ4n) is 0.258. The van der Waals surface area contributed by atoms with Gasteiger partial charge in [0.25, 0.3) is 0 Å². The van der Waals surface area contributed by atoms with Gasteiger partial charge in [-0.2, -0.15) is 0 Å². The minimum Gasteiger partial charge on any atom is -0.547 e. The number of aliphatic hydroxyl groups is 2. The van der Waals surface area contributed by atoms with Gasteiger partial charge in [-0.3, -0.25) is 0 Å². The topological polar surface area (TPSA) is 121 Å². The van der Waals surface area contributed by atoms with Crippen LogP contribution < -0.4 is 10.2 Å². The van der Waals surface area contributed by atoms with Crippen LogP contribution in [-0.4, -0.2) is 34.4 Å². The summed E-state index contributed by atoms with van der Waals surface area (Å²) in [7, 11) is 0. The third-order valence-electron chi connectivity index (χ3n) is 0.782. The van der Waals surface area contributed by atoms with E-state index in [1.165, 1.54) is 0 Å². The minimum atomic E-state index is -2.44. The molecule has 0 rings (SSSR count). The Morgan fingerprint density at radius 3 is 1.25 bits per heavy atom. The number of aliphatic hydroxyl groups excluding tert-OH is 2. The molecule has 0 aliphatic heterocycles. The summed E-state index contributed by atoms with van der Waals surface area (Å²) >= 11 is 0. The van der Waals surface area contributed by atoms with Gasteiger partial charge in [0, 0.05) is 0 Å². The van der Waals surface area contributed by atoms with Gasteiger partial charge in [0.1, 0.15) is 12.2 Å². The van der Waals surface area contributed by atoms with Crippen molar-refractivity contribution in [2.75, 3.05) is 0 Å². The number of carboxylic acid groups (broad SMARTS) is 2. The molecular weight excluding hydrogens is 251 g/mol. The van der Waals surface area contributed by atoms with Crippen molar-refractivity contribution < 1.29 is 68.5 Å². The maximum absolute atomic E-state index is 9.63. The molecule has 0 aromatic rings. The Kier molecular flexibility index (Phi) is 11.6. The van der Waals surface area contributed by atoms with E-state index in [4.69, 9.17) is 10.2 Å². The van der Waals surface area contributed by atoms with Crippen molar-refractivity contribution in [3.05, 3.63) is 0 Å². The van der Waals surface area contributed by atoms with Crippen molar-refractivity contribution in [3.8, 4) is 0 Å². The monoisotopic (exact) mass is 255 g/mol. The summed E-state index contributed by atoms with van der Waals surface area (Å²) in [5.41, 5.74) is 0. The van der Waals surface area contributed by atoms with Gasteiger partial charge in [-0.05, 0) is 0 Å². The van der Waals surface area contributed by atoms with Gasteiger partial charge in [-0.25, -0.2) is 0 Å². The van der Waals surface area contributed by atoms with E-state index in [1.54, 1.807) is 0 Å². The summed E-state index contributed by atoms with van der Waals surface area (Å²) in [5.74, 6) is -4.12. The smallest absolute Gasteiger partial charge is 0.547 e. The molecule has 12 heavy (non-hydrogen) atoms. The fraction of sp³-hybridized carbons (Fsp3) is 0.500. The second kappa shape index (κ2) is 7.72. The average molecular weight is 255 g/mol. The minimum absolute atomic E-state index is 0. The standard InChI is InChI=1S/C4H6O6.Co.Ti/c5-1(3(7)8)2(6)4(9)10;;/h1-2,5-6H,(H,7,8)(H,9,10);;/q;2*+2/p-2. The molecule has 0 saturated carbocycles. The first-order valence-corrected chi connectivity index (χ1v) is 2.24. The summed E-state index contributed by atoms with van der Waals surface area (Å²) in [6.45, 7) is 0. The largest absolute Gasteiger partial charge is 2.00 e. The molecule has 0 aromatic carbocycles. The number of rotatable bonds is 3. The van der Waals surface area contributed by atoms with E-state index in [0.717, 1.165) is 0 Å². The van der Waals surface area contributed by atoms with Gasteiger partial charge >= 0.3 is 38.5 Å². The molecule has 1 radical (unpaired) electrons. The first-order chi connectivity index (χ1) is 4.46. The molecule has 0 bridgehead atoms. The first kappa shape index (κ1) is 18.0. The number of hydrogen-bond donors (Lipinski definition) is 2. The van der Waals surface area contributed by atoms with Crippen LogP contribution >= 0.6 is 0 Å². The van der Waals surface area contributed by atoms with E-state index >= 15 is 0 Å². The van der Waals surface area contributed by atoms with Crippen molar-refractivity contribution in [2.24, 2.45) is 0 Å². The third kappa shape index (κ3) is 5.70. The Hall–Kier alpha value is 0.0808. The van der Waals surface area contributed by atoms with E-state index in [1.807, 2.05) is 0 Å². The molecule has 0 saturated heterocycles. The number of carboxylic acids is 2. The molecule has 0 spiro atoms. The van der Waals surface area contributed by atoms with E-state index in [-0.39, 0.29) is 38.5 Å². The molecule has 0 amide bonds. The molecular formula is C4H4CoO6Ti+2. The molecule has 0 aliphatic rings. The molecule has 6 nitrogen and oxygen atoms in total. The zero-order valence-corrected chi connectivity index (χ0v) is 8.12. The molecule has 0 aliphatic carbocycles.